The number of carbonyl (C=O) groups excluding carboxylic acids is 4. The van der Waals surface area contributed by atoms with Crippen LogP contribution < -0.4 is 27.4 Å². The Morgan fingerprint density at radius 2 is 1.69 bits per heavy atom. The molecule has 45 heavy (non-hydrogen) atoms. The lowest BCUT2D eigenvalue weighted by atomic mass is 9.96. The number of H-pyrrole nitrogens is 1. The molecule has 9 N–H and O–H groups in total. The number of amides is 4. The number of nitrogens with zero attached hydrogens (tertiary/aromatic N) is 1. The van der Waals surface area contributed by atoms with E-state index in [1.165, 1.54) is 4.90 Å². The van der Waals surface area contributed by atoms with Crippen LogP contribution in [0.15, 0.2) is 30.5 Å². The Morgan fingerprint density at radius 1 is 1.00 bits per heavy atom. The largest absolute Gasteiger partial charge is 0.480 e. The van der Waals surface area contributed by atoms with Crippen molar-refractivity contribution in [3.63, 3.8) is 0 Å². The molecule has 1 aromatic carbocycles. The van der Waals surface area contributed by atoms with Crippen molar-refractivity contribution >= 4 is 40.5 Å². The first-order valence-electron chi connectivity index (χ1n) is 15.8. The summed E-state index contributed by atoms with van der Waals surface area (Å²) in [7, 11) is 0. The second kappa shape index (κ2) is 15.8. The van der Waals surface area contributed by atoms with Gasteiger partial charge in [-0.1, -0.05) is 52.3 Å². The van der Waals surface area contributed by atoms with E-state index in [1.54, 1.807) is 20.0 Å². The van der Waals surface area contributed by atoms with Crippen molar-refractivity contribution in [3.05, 3.63) is 36.0 Å². The maximum atomic E-state index is 14.0. The lowest BCUT2D eigenvalue weighted by Crippen LogP contribution is -2.60. The molecule has 0 radical (unpaired) electrons. The Bertz CT molecular complexity index is 1360. The van der Waals surface area contributed by atoms with Gasteiger partial charge < -0.3 is 42.4 Å². The van der Waals surface area contributed by atoms with Crippen LogP contribution in [0.25, 0.3) is 10.9 Å². The average molecular weight is 628 g/mol. The highest BCUT2D eigenvalue weighted by Gasteiger charge is 2.39. The molecule has 1 aromatic heterocycles. The quantitative estimate of drug-likeness (QED) is 0.151. The Hall–Kier alpha value is -3.97. The maximum absolute atomic E-state index is 14.0. The molecule has 1 fully saturated rings. The van der Waals surface area contributed by atoms with Crippen molar-refractivity contribution < 1.29 is 29.1 Å². The van der Waals surface area contributed by atoms with Crippen LogP contribution in [-0.2, 0) is 30.4 Å². The van der Waals surface area contributed by atoms with Crippen molar-refractivity contribution in [3.8, 4) is 0 Å². The summed E-state index contributed by atoms with van der Waals surface area (Å²) >= 11 is 0. The van der Waals surface area contributed by atoms with Crippen molar-refractivity contribution in [2.45, 2.75) is 103 Å². The molecule has 0 spiro atoms. The van der Waals surface area contributed by atoms with Gasteiger partial charge in [0.2, 0.25) is 23.6 Å². The summed E-state index contributed by atoms with van der Waals surface area (Å²) < 4.78 is 0. The highest BCUT2D eigenvalue weighted by Crippen LogP contribution is 2.22. The number of nitrogens with two attached hydrogens (primary N) is 2. The average Bonchev–Trinajstić information content (AvgIpc) is 3.65. The number of carbonyl (C=O) groups is 5. The lowest BCUT2D eigenvalue weighted by Gasteiger charge is -2.30. The molecule has 0 aliphatic carbocycles. The standard InChI is InChI=1S/C32H49N7O6/c1-6-18(4)27(30(42)37-24(32(44)45)14-17(2)3)38-28(40)23(15-20-16-35-22-11-8-7-10-21(20)22)36-29(41)25-12-9-13-39(25)31(43)26(34)19(5)33/h7-8,10-11,16-19,23-27,35H,6,9,12-15,33-34H2,1-5H3,(H,36,41)(H,37,42)(H,38,40)(H,44,45)/t18-,19?,23-,24-,25-,26?,27-/m0/s1. The molecule has 2 unspecified atom stereocenters. The third-order valence-electron chi connectivity index (χ3n) is 8.54. The predicted octanol–water partition coefficient (Wildman–Crippen LogP) is 1.01. The van der Waals surface area contributed by atoms with Crippen molar-refractivity contribution in [1.29, 1.82) is 0 Å². The zero-order valence-corrected chi connectivity index (χ0v) is 26.8. The minimum absolute atomic E-state index is 0.0171. The number of hydrogen-bond donors (Lipinski definition) is 7. The molecule has 1 aliphatic rings. The van der Waals surface area contributed by atoms with Gasteiger partial charge in [0.05, 0.1) is 6.04 Å². The molecule has 13 heteroatoms. The number of hydrogen-bond acceptors (Lipinski definition) is 7. The Labute approximate surface area is 264 Å². The van der Waals surface area contributed by atoms with Gasteiger partial charge in [0.25, 0.3) is 0 Å². The summed E-state index contributed by atoms with van der Waals surface area (Å²) in [6.45, 7) is 9.34. The predicted molar refractivity (Wildman–Crippen MR) is 171 cm³/mol. The maximum Gasteiger partial charge on any atom is 0.326 e. The summed E-state index contributed by atoms with van der Waals surface area (Å²) in [5.74, 6) is -3.63. The van der Waals surface area contributed by atoms with E-state index in [4.69, 9.17) is 11.5 Å². The summed E-state index contributed by atoms with van der Waals surface area (Å²) in [6, 6.07) is 1.88. The van der Waals surface area contributed by atoms with E-state index in [1.807, 2.05) is 45.0 Å². The number of aromatic amines is 1. The van der Waals surface area contributed by atoms with Crippen LogP contribution in [0.4, 0.5) is 0 Å². The van der Waals surface area contributed by atoms with E-state index < -0.39 is 65.8 Å². The highest BCUT2D eigenvalue weighted by atomic mass is 16.4. The third-order valence-corrected chi connectivity index (χ3v) is 8.54. The summed E-state index contributed by atoms with van der Waals surface area (Å²) in [5.41, 5.74) is 13.5. The molecular weight excluding hydrogens is 578 g/mol. The minimum atomic E-state index is -1.16. The van der Waals surface area contributed by atoms with Crippen LogP contribution in [0.2, 0.25) is 0 Å². The van der Waals surface area contributed by atoms with Gasteiger partial charge in [0.1, 0.15) is 24.2 Å². The summed E-state index contributed by atoms with van der Waals surface area (Å²) in [5, 5.41) is 18.8. The van der Waals surface area contributed by atoms with Crippen LogP contribution in [0.5, 0.6) is 0 Å². The van der Waals surface area contributed by atoms with Gasteiger partial charge in [-0.25, -0.2) is 4.79 Å². The smallest absolute Gasteiger partial charge is 0.326 e. The third kappa shape index (κ3) is 9.04. The number of nitrogens with one attached hydrogen (secondary N) is 4. The van der Waals surface area contributed by atoms with Gasteiger partial charge >= 0.3 is 5.97 Å². The molecule has 0 bridgehead atoms. The van der Waals surface area contributed by atoms with E-state index >= 15 is 0 Å². The number of carboxylic acids is 1. The summed E-state index contributed by atoms with van der Waals surface area (Å²) in [4.78, 5) is 70.5. The molecule has 248 valence electrons. The first kappa shape index (κ1) is 35.5. The number of aromatic nitrogens is 1. The molecule has 13 nitrogen and oxygen atoms in total. The molecule has 2 aromatic rings. The molecule has 1 aliphatic heterocycles. The van der Waals surface area contributed by atoms with E-state index in [2.05, 4.69) is 20.9 Å². The van der Waals surface area contributed by atoms with Gasteiger partial charge in [-0.15, -0.1) is 0 Å². The van der Waals surface area contributed by atoms with Crippen LogP contribution in [0.3, 0.4) is 0 Å². The van der Waals surface area contributed by atoms with Crippen LogP contribution in [0.1, 0.15) is 65.9 Å². The van der Waals surface area contributed by atoms with Crippen LogP contribution in [-0.4, -0.2) is 87.4 Å². The first-order chi connectivity index (χ1) is 21.2. The normalized spacial score (nSPS) is 18.9. The van der Waals surface area contributed by atoms with E-state index in [9.17, 15) is 29.1 Å². The SMILES string of the molecule is CC[C@H](C)[C@H](NC(=O)[C@H](Cc1c[nH]c2ccccc12)NC(=O)[C@@H]1CCCN1C(=O)C(N)C(C)N)C(=O)N[C@@H](CC(C)C)C(=O)O. The second-order valence-corrected chi connectivity index (χ2v) is 12.6. The number of likely N-dealkylation sites (tertiary alicyclic amines) is 1. The Kier molecular flexibility index (Phi) is 12.5. The van der Waals surface area contributed by atoms with E-state index in [0.717, 1.165) is 16.5 Å². The highest BCUT2D eigenvalue weighted by molar-refractivity contribution is 5.96. The first-order valence-corrected chi connectivity index (χ1v) is 15.8. The van der Waals surface area contributed by atoms with Gasteiger partial charge in [-0.3, -0.25) is 19.2 Å². The second-order valence-electron chi connectivity index (χ2n) is 12.6. The number of fused-ring (bicyclic) bond motifs is 1. The Morgan fingerprint density at radius 3 is 2.31 bits per heavy atom. The minimum Gasteiger partial charge on any atom is -0.480 e. The van der Waals surface area contributed by atoms with Crippen molar-refractivity contribution in [2.75, 3.05) is 6.54 Å². The molecular formula is C32H49N7O6. The summed E-state index contributed by atoms with van der Waals surface area (Å²) in [6.07, 6.45) is 3.61. The van der Waals surface area contributed by atoms with E-state index in [-0.39, 0.29) is 24.7 Å². The number of carboxylic acid groups (broad SMARTS) is 1. The lowest BCUT2D eigenvalue weighted by molar-refractivity contribution is -0.143. The van der Waals surface area contributed by atoms with Crippen molar-refractivity contribution in [2.24, 2.45) is 23.3 Å². The van der Waals surface area contributed by atoms with Crippen LogP contribution >= 0.6 is 0 Å². The zero-order valence-electron chi connectivity index (χ0n) is 26.8. The fourth-order valence-electron chi connectivity index (χ4n) is 5.63. The fourth-order valence-corrected chi connectivity index (χ4v) is 5.63. The van der Waals surface area contributed by atoms with E-state index in [0.29, 0.717) is 25.8 Å². The Balaban J connectivity index is 1.89. The molecule has 1 saturated heterocycles. The number of aliphatic carboxylic acids is 1. The molecule has 2 heterocycles. The van der Waals surface area contributed by atoms with Gasteiger partial charge in [0, 0.05) is 36.1 Å². The molecule has 4 amide bonds. The number of rotatable bonds is 15. The molecule has 0 saturated carbocycles. The molecule has 3 rings (SSSR count). The van der Waals surface area contributed by atoms with Gasteiger partial charge in [0.15, 0.2) is 0 Å². The van der Waals surface area contributed by atoms with Crippen LogP contribution in [0, 0.1) is 11.8 Å². The number of para-hydroxylation sites is 1. The monoisotopic (exact) mass is 627 g/mol. The van der Waals surface area contributed by atoms with Gasteiger partial charge in [-0.05, 0) is 49.7 Å². The number of benzene rings is 1. The van der Waals surface area contributed by atoms with Gasteiger partial charge in [-0.2, -0.15) is 0 Å². The zero-order chi connectivity index (χ0) is 33.4. The molecule has 7 atom stereocenters. The topological polar surface area (TPSA) is 213 Å². The van der Waals surface area contributed by atoms with Crippen molar-refractivity contribution in [1.82, 2.24) is 25.8 Å². The fraction of sp³-hybridized carbons (Fsp3) is 0.594.